The van der Waals surface area contributed by atoms with Crippen molar-refractivity contribution in [1.29, 1.82) is 0 Å². The molecule has 0 spiro atoms. The van der Waals surface area contributed by atoms with Crippen LogP contribution in [-0.2, 0) is 24.4 Å². The molecule has 0 aromatic carbocycles. The number of ether oxygens (including phenoxy) is 1. The summed E-state index contributed by atoms with van der Waals surface area (Å²) < 4.78 is 7.19. The van der Waals surface area contributed by atoms with Gasteiger partial charge in [-0.05, 0) is 13.0 Å². The number of nitrogens with zero attached hydrogens (tertiary/aromatic N) is 3. The van der Waals surface area contributed by atoms with Crippen molar-refractivity contribution in [3.05, 3.63) is 17.5 Å². The molecule has 0 bridgehead atoms. The van der Waals surface area contributed by atoms with E-state index in [1.165, 1.54) is 5.69 Å². The van der Waals surface area contributed by atoms with Gasteiger partial charge in [0.25, 0.3) is 0 Å². The van der Waals surface area contributed by atoms with E-state index in [0.29, 0.717) is 19.2 Å². The van der Waals surface area contributed by atoms with E-state index in [1.54, 1.807) is 7.11 Å². The molecular weight excluding hydrogens is 204 g/mol. The van der Waals surface area contributed by atoms with Crippen molar-refractivity contribution in [2.45, 2.75) is 32.7 Å². The fraction of sp³-hybridized carbons (Fsp3) is 0.727. The molecule has 5 nitrogen and oxygen atoms in total. The third kappa shape index (κ3) is 2.26. The maximum absolute atomic E-state index is 5.61. The number of nitrogens with two attached hydrogens (primary N) is 1. The second kappa shape index (κ2) is 4.95. The van der Waals surface area contributed by atoms with E-state index in [0.717, 1.165) is 25.3 Å². The summed E-state index contributed by atoms with van der Waals surface area (Å²) in [6.07, 6.45) is 0. The lowest BCUT2D eigenvalue weighted by molar-refractivity contribution is 0.148. The lowest BCUT2D eigenvalue weighted by Gasteiger charge is -2.33. The van der Waals surface area contributed by atoms with Crippen molar-refractivity contribution in [2.75, 3.05) is 20.2 Å². The number of hydrogen-bond acceptors (Lipinski definition) is 4. The molecule has 0 radical (unpaired) electrons. The molecule has 0 aliphatic carbocycles. The van der Waals surface area contributed by atoms with Crippen LogP contribution in [0.25, 0.3) is 0 Å². The molecule has 16 heavy (non-hydrogen) atoms. The summed E-state index contributed by atoms with van der Waals surface area (Å²) in [6, 6.07) is 2.63. The van der Waals surface area contributed by atoms with Gasteiger partial charge in [-0.3, -0.25) is 9.58 Å². The summed E-state index contributed by atoms with van der Waals surface area (Å²) >= 11 is 0. The maximum atomic E-state index is 5.61. The van der Waals surface area contributed by atoms with Gasteiger partial charge >= 0.3 is 0 Å². The summed E-state index contributed by atoms with van der Waals surface area (Å²) in [7, 11) is 1.70. The number of hydrogen-bond donors (Lipinski definition) is 1. The second-order valence-electron chi connectivity index (χ2n) is 4.35. The van der Waals surface area contributed by atoms with Crippen LogP contribution in [0.15, 0.2) is 6.07 Å². The predicted octanol–water partition coefficient (Wildman–Crippen LogP) is 0.192. The summed E-state index contributed by atoms with van der Waals surface area (Å²) in [5.74, 6) is 0. The van der Waals surface area contributed by atoms with Crippen LogP contribution in [0.4, 0.5) is 0 Å². The third-order valence-electron chi connectivity index (χ3n) is 3.05. The molecular formula is C11H20N4O. The Hall–Kier alpha value is -0.910. The van der Waals surface area contributed by atoms with Crippen LogP contribution in [0.5, 0.6) is 0 Å². The Labute approximate surface area is 96.2 Å². The second-order valence-corrected chi connectivity index (χ2v) is 4.35. The fourth-order valence-corrected chi connectivity index (χ4v) is 2.21. The zero-order valence-electron chi connectivity index (χ0n) is 10.0. The van der Waals surface area contributed by atoms with Crippen molar-refractivity contribution < 1.29 is 4.74 Å². The molecule has 5 heteroatoms. The first-order chi connectivity index (χ1) is 7.74. The largest absolute Gasteiger partial charge is 0.378 e. The Morgan fingerprint density at radius 3 is 3.12 bits per heavy atom. The Morgan fingerprint density at radius 1 is 1.62 bits per heavy atom. The van der Waals surface area contributed by atoms with Crippen LogP contribution >= 0.6 is 0 Å². The lowest BCUT2D eigenvalue weighted by Crippen LogP contribution is -2.43. The van der Waals surface area contributed by atoms with Crippen molar-refractivity contribution in [1.82, 2.24) is 14.7 Å². The van der Waals surface area contributed by atoms with E-state index in [2.05, 4.69) is 27.7 Å². The quantitative estimate of drug-likeness (QED) is 0.793. The zero-order valence-corrected chi connectivity index (χ0v) is 10.0. The lowest BCUT2D eigenvalue weighted by atomic mass is 10.2. The van der Waals surface area contributed by atoms with Crippen molar-refractivity contribution in [3.63, 3.8) is 0 Å². The van der Waals surface area contributed by atoms with Gasteiger partial charge in [0.05, 0.1) is 24.5 Å². The van der Waals surface area contributed by atoms with Gasteiger partial charge in [-0.2, -0.15) is 5.10 Å². The zero-order chi connectivity index (χ0) is 11.5. The normalized spacial score (nSPS) is 21.1. The van der Waals surface area contributed by atoms with Gasteiger partial charge in [-0.1, -0.05) is 0 Å². The van der Waals surface area contributed by atoms with E-state index >= 15 is 0 Å². The Morgan fingerprint density at radius 2 is 2.44 bits per heavy atom. The molecule has 1 aromatic rings. The van der Waals surface area contributed by atoms with E-state index in [-0.39, 0.29) is 0 Å². The van der Waals surface area contributed by atoms with Crippen molar-refractivity contribution in [2.24, 2.45) is 5.73 Å². The van der Waals surface area contributed by atoms with Crippen LogP contribution in [0.2, 0.25) is 0 Å². The van der Waals surface area contributed by atoms with Gasteiger partial charge < -0.3 is 10.5 Å². The molecule has 1 aliphatic rings. The molecule has 0 amide bonds. The van der Waals surface area contributed by atoms with E-state index < -0.39 is 0 Å². The third-order valence-corrected chi connectivity index (χ3v) is 3.05. The van der Waals surface area contributed by atoms with Crippen LogP contribution in [-0.4, -0.2) is 40.9 Å². The van der Waals surface area contributed by atoms with Gasteiger partial charge in [-0.25, -0.2) is 0 Å². The number of aromatic nitrogens is 2. The number of fused-ring (bicyclic) bond motifs is 1. The molecule has 2 rings (SSSR count). The average molecular weight is 224 g/mol. The Kier molecular flexibility index (Phi) is 3.58. The van der Waals surface area contributed by atoms with Gasteiger partial charge in [-0.15, -0.1) is 0 Å². The molecule has 0 fully saturated rings. The topological polar surface area (TPSA) is 56.3 Å². The SMILES string of the molecule is COCc1cc2n(n1)CC(C)N(CCN)C2. The fourth-order valence-electron chi connectivity index (χ4n) is 2.21. The van der Waals surface area contributed by atoms with Crippen LogP contribution < -0.4 is 5.73 Å². The van der Waals surface area contributed by atoms with Crippen LogP contribution in [0.1, 0.15) is 18.3 Å². The standard InChI is InChI=1S/C11H20N4O/c1-9-6-15-11(7-14(9)4-3-12)5-10(13-15)8-16-2/h5,9H,3-4,6-8,12H2,1-2H3. The van der Waals surface area contributed by atoms with Crippen molar-refractivity contribution >= 4 is 0 Å². The first kappa shape index (κ1) is 11.6. The monoisotopic (exact) mass is 224 g/mol. The molecule has 0 saturated carbocycles. The van der Waals surface area contributed by atoms with E-state index in [1.807, 2.05) is 0 Å². The van der Waals surface area contributed by atoms with Crippen LogP contribution in [0, 0.1) is 0 Å². The minimum Gasteiger partial charge on any atom is -0.378 e. The Balaban J connectivity index is 2.12. The number of methoxy groups -OCH3 is 1. The molecule has 1 atom stereocenters. The van der Waals surface area contributed by atoms with Crippen molar-refractivity contribution in [3.8, 4) is 0 Å². The summed E-state index contributed by atoms with van der Waals surface area (Å²) in [6.45, 7) is 6.35. The van der Waals surface area contributed by atoms with Crippen LogP contribution in [0.3, 0.4) is 0 Å². The van der Waals surface area contributed by atoms with Gasteiger partial charge in [0.1, 0.15) is 0 Å². The summed E-state index contributed by atoms with van der Waals surface area (Å²) in [4.78, 5) is 2.40. The van der Waals surface area contributed by atoms with E-state index in [9.17, 15) is 0 Å². The highest BCUT2D eigenvalue weighted by Crippen LogP contribution is 2.17. The van der Waals surface area contributed by atoms with Gasteiger partial charge in [0.2, 0.25) is 0 Å². The highest BCUT2D eigenvalue weighted by Gasteiger charge is 2.23. The minimum absolute atomic E-state index is 0.506. The molecule has 2 heterocycles. The molecule has 1 unspecified atom stereocenters. The molecule has 90 valence electrons. The molecule has 0 saturated heterocycles. The highest BCUT2D eigenvalue weighted by molar-refractivity contribution is 5.12. The van der Waals surface area contributed by atoms with E-state index in [4.69, 9.17) is 10.5 Å². The van der Waals surface area contributed by atoms with Gasteiger partial charge in [0.15, 0.2) is 0 Å². The summed E-state index contributed by atoms with van der Waals surface area (Å²) in [5, 5.41) is 4.52. The minimum atomic E-state index is 0.506. The predicted molar refractivity (Wildman–Crippen MR) is 61.9 cm³/mol. The molecule has 2 N–H and O–H groups in total. The first-order valence-electron chi connectivity index (χ1n) is 5.73. The van der Waals surface area contributed by atoms with Gasteiger partial charge in [0, 0.05) is 32.8 Å². The maximum Gasteiger partial charge on any atom is 0.0902 e. The molecule has 1 aliphatic heterocycles. The molecule has 1 aromatic heterocycles. The average Bonchev–Trinajstić information content (AvgIpc) is 2.61. The first-order valence-corrected chi connectivity index (χ1v) is 5.73. The summed E-state index contributed by atoms with van der Waals surface area (Å²) in [5.41, 5.74) is 7.89. The highest BCUT2D eigenvalue weighted by atomic mass is 16.5. The number of rotatable bonds is 4. The Bertz CT molecular complexity index is 350. The smallest absolute Gasteiger partial charge is 0.0902 e.